The number of nitrogens with zero attached hydrogens (tertiary/aromatic N) is 1. The third-order valence-electron chi connectivity index (χ3n) is 4.30. The lowest BCUT2D eigenvalue weighted by Crippen LogP contribution is -2.46. The van der Waals surface area contributed by atoms with E-state index in [9.17, 15) is 10.2 Å². The second-order valence-corrected chi connectivity index (χ2v) is 6.20. The maximum absolute atomic E-state index is 9.64. The average molecular weight is 257 g/mol. The van der Waals surface area contributed by atoms with Crippen LogP contribution in [0.15, 0.2) is 0 Å². The Hall–Kier alpha value is -0.120. The first kappa shape index (κ1) is 15.9. The fourth-order valence-electron chi connectivity index (χ4n) is 3.27. The average Bonchev–Trinajstić information content (AvgIpc) is 2.40. The van der Waals surface area contributed by atoms with Gasteiger partial charge in [0.2, 0.25) is 0 Å². The molecule has 0 aromatic rings. The Morgan fingerprint density at radius 3 is 2.33 bits per heavy atom. The summed E-state index contributed by atoms with van der Waals surface area (Å²) in [6.45, 7) is 6.49. The lowest BCUT2D eigenvalue weighted by molar-refractivity contribution is 0.0389. The SMILES string of the molecule is CCCC(C)(CO)CN(CCO)C1CCCCC1. The monoisotopic (exact) mass is 257 g/mol. The highest BCUT2D eigenvalue weighted by atomic mass is 16.3. The molecule has 1 atom stereocenters. The summed E-state index contributed by atoms with van der Waals surface area (Å²) >= 11 is 0. The first-order valence-corrected chi connectivity index (χ1v) is 7.61. The van der Waals surface area contributed by atoms with E-state index in [0.29, 0.717) is 6.04 Å². The van der Waals surface area contributed by atoms with Gasteiger partial charge in [-0.15, -0.1) is 0 Å². The lowest BCUT2D eigenvalue weighted by Gasteiger charge is -2.40. The van der Waals surface area contributed by atoms with Crippen molar-refractivity contribution < 1.29 is 10.2 Å². The summed E-state index contributed by atoms with van der Waals surface area (Å²) in [6, 6.07) is 0.619. The molecule has 0 aromatic heterocycles. The number of aliphatic hydroxyl groups is 2. The molecule has 0 aromatic carbocycles. The largest absolute Gasteiger partial charge is 0.396 e. The Kier molecular flexibility index (Phi) is 7.20. The molecule has 0 spiro atoms. The Morgan fingerprint density at radius 2 is 1.83 bits per heavy atom. The molecule has 18 heavy (non-hydrogen) atoms. The third-order valence-corrected chi connectivity index (χ3v) is 4.30. The molecule has 0 bridgehead atoms. The zero-order valence-corrected chi connectivity index (χ0v) is 12.2. The molecule has 0 aliphatic heterocycles. The molecule has 0 radical (unpaired) electrons. The van der Waals surface area contributed by atoms with Crippen molar-refractivity contribution in [2.24, 2.45) is 5.41 Å². The van der Waals surface area contributed by atoms with Gasteiger partial charge >= 0.3 is 0 Å². The van der Waals surface area contributed by atoms with Crippen LogP contribution in [-0.2, 0) is 0 Å². The van der Waals surface area contributed by atoms with Crippen molar-refractivity contribution in [2.75, 3.05) is 26.3 Å². The molecule has 2 N–H and O–H groups in total. The van der Waals surface area contributed by atoms with Gasteiger partial charge in [-0.3, -0.25) is 4.90 Å². The van der Waals surface area contributed by atoms with Crippen LogP contribution >= 0.6 is 0 Å². The second kappa shape index (κ2) is 8.13. The van der Waals surface area contributed by atoms with Gasteiger partial charge in [0.05, 0.1) is 6.61 Å². The second-order valence-electron chi connectivity index (χ2n) is 6.20. The van der Waals surface area contributed by atoms with Gasteiger partial charge in [-0.1, -0.05) is 39.5 Å². The van der Waals surface area contributed by atoms with Crippen LogP contribution in [-0.4, -0.2) is 47.5 Å². The van der Waals surface area contributed by atoms with Gasteiger partial charge in [-0.05, 0) is 19.3 Å². The summed E-state index contributed by atoms with van der Waals surface area (Å²) in [4.78, 5) is 2.42. The molecule has 1 rings (SSSR count). The van der Waals surface area contributed by atoms with E-state index >= 15 is 0 Å². The summed E-state index contributed by atoms with van der Waals surface area (Å²) in [5.41, 5.74) is -0.0125. The first-order valence-electron chi connectivity index (χ1n) is 7.61. The minimum atomic E-state index is -0.0125. The maximum atomic E-state index is 9.64. The predicted molar refractivity (Wildman–Crippen MR) is 75.6 cm³/mol. The fourth-order valence-corrected chi connectivity index (χ4v) is 3.27. The number of hydrogen-bond donors (Lipinski definition) is 2. The molecule has 108 valence electrons. The van der Waals surface area contributed by atoms with Crippen LogP contribution in [0, 0.1) is 5.41 Å². The number of hydrogen-bond acceptors (Lipinski definition) is 3. The van der Waals surface area contributed by atoms with Gasteiger partial charge < -0.3 is 10.2 Å². The lowest BCUT2D eigenvalue weighted by atomic mass is 9.84. The molecule has 1 aliphatic carbocycles. The Balaban J connectivity index is 2.59. The summed E-state index contributed by atoms with van der Waals surface area (Å²) < 4.78 is 0. The third kappa shape index (κ3) is 4.87. The molecule has 1 unspecified atom stereocenters. The van der Waals surface area contributed by atoms with Gasteiger partial charge in [-0.2, -0.15) is 0 Å². The van der Waals surface area contributed by atoms with E-state index in [0.717, 1.165) is 25.9 Å². The van der Waals surface area contributed by atoms with Crippen LogP contribution in [0.5, 0.6) is 0 Å². The van der Waals surface area contributed by atoms with Gasteiger partial charge in [0.15, 0.2) is 0 Å². The molecule has 3 heteroatoms. The molecule has 0 saturated heterocycles. The van der Waals surface area contributed by atoms with Crippen molar-refractivity contribution in [3.05, 3.63) is 0 Å². The van der Waals surface area contributed by atoms with Gasteiger partial charge in [0, 0.05) is 31.2 Å². The fraction of sp³-hybridized carbons (Fsp3) is 1.00. The number of rotatable bonds is 8. The normalized spacial score (nSPS) is 21.2. The highest BCUT2D eigenvalue weighted by Gasteiger charge is 2.29. The van der Waals surface area contributed by atoms with Crippen LogP contribution in [0.2, 0.25) is 0 Å². The van der Waals surface area contributed by atoms with Crippen LogP contribution in [0.1, 0.15) is 58.8 Å². The maximum Gasteiger partial charge on any atom is 0.0558 e. The van der Waals surface area contributed by atoms with Gasteiger partial charge in [-0.25, -0.2) is 0 Å². The number of aliphatic hydroxyl groups excluding tert-OH is 2. The van der Waals surface area contributed by atoms with E-state index in [4.69, 9.17) is 0 Å². The van der Waals surface area contributed by atoms with Crippen molar-refractivity contribution in [3.63, 3.8) is 0 Å². The van der Waals surface area contributed by atoms with Crippen molar-refractivity contribution in [3.8, 4) is 0 Å². The van der Waals surface area contributed by atoms with E-state index in [2.05, 4.69) is 18.7 Å². The van der Waals surface area contributed by atoms with Crippen LogP contribution in [0.3, 0.4) is 0 Å². The van der Waals surface area contributed by atoms with Crippen molar-refractivity contribution in [2.45, 2.75) is 64.8 Å². The van der Waals surface area contributed by atoms with E-state index in [-0.39, 0.29) is 18.6 Å². The topological polar surface area (TPSA) is 43.7 Å². The highest BCUT2D eigenvalue weighted by Crippen LogP contribution is 2.29. The molecular formula is C15H31NO2. The first-order chi connectivity index (χ1) is 8.65. The molecule has 1 aliphatic rings. The Bertz CT molecular complexity index is 217. The molecule has 1 fully saturated rings. The highest BCUT2D eigenvalue weighted by molar-refractivity contribution is 4.83. The van der Waals surface area contributed by atoms with Crippen molar-refractivity contribution in [1.29, 1.82) is 0 Å². The predicted octanol–water partition coefficient (Wildman–Crippen LogP) is 2.41. The zero-order valence-electron chi connectivity index (χ0n) is 12.2. The van der Waals surface area contributed by atoms with Crippen LogP contribution in [0.25, 0.3) is 0 Å². The Morgan fingerprint density at radius 1 is 1.17 bits per heavy atom. The molecule has 0 heterocycles. The minimum Gasteiger partial charge on any atom is -0.396 e. The molecular weight excluding hydrogens is 226 g/mol. The van der Waals surface area contributed by atoms with E-state index in [1.165, 1.54) is 32.1 Å². The zero-order chi connectivity index (χ0) is 13.4. The smallest absolute Gasteiger partial charge is 0.0558 e. The molecule has 1 saturated carbocycles. The minimum absolute atomic E-state index is 0.0125. The van der Waals surface area contributed by atoms with Crippen molar-refractivity contribution >= 4 is 0 Å². The standard InChI is InChI=1S/C15H31NO2/c1-3-9-15(2,13-18)12-16(10-11-17)14-7-5-4-6-8-14/h14,17-18H,3-13H2,1-2H3. The summed E-state index contributed by atoms with van der Waals surface area (Å²) in [7, 11) is 0. The van der Waals surface area contributed by atoms with E-state index in [1.807, 2.05) is 0 Å². The quantitative estimate of drug-likeness (QED) is 0.702. The molecule has 0 amide bonds. The van der Waals surface area contributed by atoms with Crippen LogP contribution in [0.4, 0.5) is 0 Å². The van der Waals surface area contributed by atoms with Gasteiger partial charge in [0.25, 0.3) is 0 Å². The molecule has 3 nitrogen and oxygen atoms in total. The summed E-state index contributed by atoms with van der Waals surface area (Å²) in [6.07, 6.45) is 8.66. The summed E-state index contributed by atoms with van der Waals surface area (Å²) in [5.74, 6) is 0. The van der Waals surface area contributed by atoms with E-state index in [1.54, 1.807) is 0 Å². The van der Waals surface area contributed by atoms with Gasteiger partial charge in [0.1, 0.15) is 0 Å². The van der Waals surface area contributed by atoms with Crippen molar-refractivity contribution in [1.82, 2.24) is 4.90 Å². The Labute approximate surface area is 112 Å². The van der Waals surface area contributed by atoms with Crippen LogP contribution < -0.4 is 0 Å². The summed E-state index contributed by atoms with van der Waals surface area (Å²) in [5, 5.41) is 18.9. The van der Waals surface area contributed by atoms with E-state index < -0.39 is 0 Å².